The summed E-state index contributed by atoms with van der Waals surface area (Å²) in [5.41, 5.74) is 0.806. The number of halogens is 1. The first kappa shape index (κ1) is 47.0. The van der Waals surface area contributed by atoms with Crippen molar-refractivity contribution in [2.75, 3.05) is 34.1 Å². The maximum atomic E-state index is 11.9. The Kier molecular flexibility index (Phi) is 23.8. The van der Waals surface area contributed by atoms with E-state index >= 15 is 0 Å². The summed E-state index contributed by atoms with van der Waals surface area (Å²) in [7, 11) is -3.11. The van der Waals surface area contributed by atoms with E-state index in [1.807, 2.05) is 21.1 Å². The Morgan fingerprint density at radius 3 is 1.13 bits per heavy atom. The van der Waals surface area contributed by atoms with E-state index in [-0.39, 0.29) is 32.0 Å². The van der Waals surface area contributed by atoms with Crippen LogP contribution in [0.2, 0.25) is 58.9 Å². The minimum atomic E-state index is -3.11. The first-order chi connectivity index (χ1) is 15.8. The van der Waals surface area contributed by atoms with Gasteiger partial charge in [0.15, 0.2) is 31.2 Å². The van der Waals surface area contributed by atoms with Gasteiger partial charge >= 0.3 is 20.7 Å². The van der Waals surface area contributed by atoms with E-state index in [2.05, 4.69) is 85.2 Å². The van der Waals surface area contributed by atoms with E-state index in [4.69, 9.17) is 21.8 Å². The van der Waals surface area contributed by atoms with Gasteiger partial charge in [-0.1, -0.05) is 20.6 Å². The van der Waals surface area contributed by atoms with E-state index in [0.29, 0.717) is 22.4 Å². The first-order valence-corrected chi connectivity index (χ1v) is 24.0. The van der Waals surface area contributed by atoms with Crippen LogP contribution < -0.4 is 12.4 Å². The van der Waals surface area contributed by atoms with Crippen LogP contribution in [0.1, 0.15) is 21.3 Å². The molecule has 0 atom stereocenters. The molecule has 228 valence electrons. The molecule has 0 unspecified atom stereocenters. The molecule has 38 heavy (non-hydrogen) atoms. The molecule has 0 aromatic rings. The molecular formula is C25H58ClNO7Si4. The van der Waals surface area contributed by atoms with Crippen molar-refractivity contribution in [2.24, 2.45) is 0 Å². The number of quaternary nitrogens is 1. The fraction of sp³-hybridized carbons (Fsp3) is 0.680. The van der Waals surface area contributed by atoms with Crippen LogP contribution in [0.5, 0.6) is 0 Å². The highest BCUT2D eigenvalue weighted by Crippen LogP contribution is 2.26. The lowest BCUT2D eigenvalue weighted by Crippen LogP contribution is -3.00. The van der Waals surface area contributed by atoms with Gasteiger partial charge < -0.3 is 34.2 Å². The molecule has 0 aliphatic heterocycles. The van der Waals surface area contributed by atoms with Crippen LogP contribution in [0.15, 0.2) is 37.5 Å². The molecule has 0 N–H and O–H groups in total. The van der Waals surface area contributed by atoms with Gasteiger partial charge in [0.05, 0.1) is 21.1 Å². The fourth-order valence-electron chi connectivity index (χ4n) is 2.20. The molecule has 8 nitrogen and oxygen atoms in total. The summed E-state index contributed by atoms with van der Waals surface area (Å²) >= 11 is 0. The van der Waals surface area contributed by atoms with Crippen molar-refractivity contribution in [3.05, 3.63) is 37.5 Å². The van der Waals surface area contributed by atoms with E-state index in [1.54, 1.807) is 13.8 Å². The second-order valence-electron chi connectivity index (χ2n) is 12.3. The van der Waals surface area contributed by atoms with Crippen LogP contribution >= 0.6 is 0 Å². The summed E-state index contributed by atoms with van der Waals surface area (Å²) in [5.74, 6) is -0.752. The molecule has 0 heterocycles. The minimum absolute atomic E-state index is 0. The number of esters is 2. The third-order valence-electron chi connectivity index (χ3n) is 3.04. The smallest absolute Gasteiger partial charge is 0.509 e. The van der Waals surface area contributed by atoms with Crippen molar-refractivity contribution in [1.29, 1.82) is 0 Å². The normalized spacial score (nSPS) is 11.6. The van der Waals surface area contributed by atoms with Crippen molar-refractivity contribution in [2.45, 2.75) is 80.2 Å². The molecule has 0 rings (SSSR count). The van der Waals surface area contributed by atoms with Crippen molar-refractivity contribution in [1.82, 2.24) is 0 Å². The van der Waals surface area contributed by atoms with Gasteiger partial charge in [-0.25, -0.2) is 9.59 Å². The number of rotatable bonds is 12. The zero-order valence-electron chi connectivity index (χ0n) is 25.9. The SMILES string of the molecule is C.C=C.C=C(C)C(=O)OC[N+](C)(C)C.C=C(C)C(=O)OC[Si](O[Si](C)(C)C)(O[Si](C)(C)C)O[Si](C)(C)C.[Cl-]. The second kappa shape index (κ2) is 19.3. The maximum Gasteiger partial charge on any atom is 0.509 e. The molecule has 0 amide bonds. The number of nitrogens with zero attached hydrogens (tertiary/aromatic N) is 1. The number of hydrogen-bond donors (Lipinski definition) is 0. The van der Waals surface area contributed by atoms with Crippen LogP contribution in [0.25, 0.3) is 0 Å². The largest absolute Gasteiger partial charge is 1.00 e. The number of carbonyl (C=O) groups excluding carboxylic acids is 2. The van der Waals surface area contributed by atoms with Crippen LogP contribution in [0.4, 0.5) is 0 Å². The zero-order chi connectivity index (χ0) is 29.8. The van der Waals surface area contributed by atoms with Crippen LogP contribution in [0.3, 0.4) is 0 Å². The summed E-state index contributed by atoms with van der Waals surface area (Å²) < 4.78 is 30.1. The zero-order valence-corrected chi connectivity index (χ0v) is 30.7. The van der Waals surface area contributed by atoms with Crippen molar-refractivity contribution in [3.8, 4) is 0 Å². The minimum Gasteiger partial charge on any atom is -1.00 e. The van der Waals surface area contributed by atoms with Gasteiger partial charge in [0.25, 0.3) is 0 Å². The molecule has 0 spiro atoms. The lowest BCUT2D eigenvalue weighted by atomic mass is 10.4. The predicted molar refractivity (Wildman–Crippen MR) is 167 cm³/mol. The Balaban J connectivity index is -0.000000205. The molecule has 0 radical (unpaired) electrons. The standard InChI is InChI=1S/C14H34O5Si4.C8H16NO2.C2H4.CH4.ClH/c1-13(2)14(15)16-12-23(17-20(3,4)5,18-21(6,7)8)19-22(9,10)11;1-7(2)8(10)11-6-9(3,4)5;1-2;;/h1,12H2,2-11H3;1,6H2,2-5H3;1-2H2;1H4;1H/q;+1;;;/p-1. The molecule has 0 fully saturated rings. The van der Waals surface area contributed by atoms with Gasteiger partial charge in [-0.3, -0.25) is 4.48 Å². The molecular weight excluding hydrogens is 574 g/mol. The Hall–Kier alpha value is -0.842. The van der Waals surface area contributed by atoms with Crippen LogP contribution in [-0.2, 0) is 31.4 Å². The van der Waals surface area contributed by atoms with Crippen molar-refractivity contribution < 1.29 is 48.3 Å². The van der Waals surface area contributed by atoms with E-state index < -0.39 is 39.7 Å². The second-order valence-corrected chi connectivity index (χ2v) is 29.1. The quantitative estimate of drug-likeness (QED) is 0.0816. The van der Waals surface area contributed by atoms with Gasteiger partial charge in [0, 0.05) is 11.1 Å². The highest BCUT2D eigenvalue weighted by Gasteiger charge is 2.51. The number of carbonyl (C=O) groups is 2. The summed E-state index contributed by atoms with van der Waals surface area (Å²) in [6, 6.07) is 0. The molecule has 0 saturated carbocycles. The Morgan fingerprint density at radius 1 is 0.658 bits per heavy atom. The third-order valence-corrected chi connectivity index (χ3v) is 14.6. The summed E-state index contributed by atoms with van der Waals surface area (Å²) in [5, 5.41) is 0. The summed E-state index contributed by atoms with van der Waals surface area (Å²) in [6.07, 6.45) is 0.0531. The molecule has 0 aromatic carbocycles. The molecule has 0 saturated heterocycles. The maximum absolute atomic E-state index is 11.9. The van der Waals surface area contributed by atoms with E-state index in [9.17, 15) is 9.59 Å². The van der Waals surface area contributed by atoms with Crippen LogP contribution in [-0.4, -0.2) is 84.3 Å². The third kappa shape index (κ3) is 29.7. The highest BCUT2D eigenvalue weighted by molar-refractivity contribution is 6.90. The Bertz CT molecular complexity index is 697. The van der Waals surface area contributed by atoms with E-state index in [0.717, 1.165) is 0 Å². The van der Waals surface area contributed by atoms with Crippen LogP contribution in [0, 0.1) is 0 Å². The van der Waals surface area contributed by atoms with Crippen molar-refractivity contribution >= 4 is 45.7 Å². The van der Waals surface area contributed by atoms with E-state index in [1.165, 1.54) is 0 Å². The number of ether oxygens (including phenoxy) is 2. The summed E-state index contributed by atoms with van der Waals surface area (Å²) in [4.78, 5) is 22.7. The molecule has 0 aliphatic rings. The van der Waals surface area contributed by atoms with Gasteiger partial charge in [-0.2, -0.15) is 0 Å². The molecule has 0 bridgehead atoms. The summed E-state index contributed by atoms with van der Waals surface area (Å²) in [6.45, 7) is 35.6. The molecule has 0 aromatic heterocycles. The monoisotopic (exact) mass is 631 g/mol. The average molecular weight is 633 g/mol. The van der Waals surface area contributed by atoms with Gasteiger partial charge in [0.2, 0.25) is 6.73 Å². The van der Waals surface area contributed by atoms with Gasteiger partial charge in [-0.15, -0.1) is 13.2 Å². The Labute approximate surface area is 245 Å². The van der Waals surface area contributed by atoms with Crippen molar-refractivity contribution in [3.63, 3.8) is 0 Å². The first-order valence-electron chi connectivity index (χ1n) is 11.8. The molecule has 13 heteroatoms. The molecule has 0 aliphatic carbocycles. The lowest BCUT2D eigenvalue weighted by Gasteiger charge is -2.42. The highest BCUT2D eigenvalue weighted by atomic mass is 35.5. The Morgan fingerprint density at radius 2 is 0.921 bits per heavy atom. The lowest BCUT2D eigenvalue weighted by molar-refractivity contribution is -0.888. The number of hydrogen-bond acceptors (Lipinski definition) is 7. The predicted octanol–water partition coefficient (Wildman–Crippen LogP) is 3.35. The van der Waals surface area contributed by atoms with Gasteiger partial charge in [-0.05, 0) is 72.8 Å². The van der Waals surface area contributed by atoms with Gasteiger partial charge in [0.1, 0.15) is 0 Å². The fourth-order valence-corrected chi connectivity index (χ4v) is 16.0. The topological polar surface area (TPSA) is 80.3 Å². The average Bonchev–Trinajstić information content (AvgIpc) is 2.61.